The van der Waals surface area contributed by atoms with Crippen molar-refractivity contribution in [3.63, 3.8) is 0 Å². The van der Waals surface area contributed by atoms with Gasteiger partial charge in [0.15, 0.2) is 5.17 Å². The Bertz CT molecular complexity index is 315. The number of hydrogen-bond donors (Lipinski definition) is 2. The van der Waals surface area contributed by atoms with Gasteiger partial charge in [0.2, 0.25) is 0 Å². The number of hydrogen-bond acceptors (Lipinski definition) is 6. The molecular formula is C11H20N2O4S. The topological polar surface area (TPSA) is 72.3 Å². The number of nitrogens with zero attached hydrogens (tertiary/aromatic N) is 1. The largest absolute Gasteiger partial charge is 0.388 e. The van der Waals surface area contributed by atoms with Crippen LogP contribution in [-0.2, 0) is 14.2 Å². The van der Waals surface area contributed by atoms with Crippen molar-refractivity contribution in [2.24, 2.45) is 4.99 Å². The molecule has 0 aromatic heterocycles. The lowest BCUT2D eigenvalue weighted by molar-refractivity contribution is -0.180. The molecule has 7 heteroatoms. The van der Waals surface area contributed by atoms with Gasteiger partial charge in [-0.1, -0.05) is 11.8 Å². The van der Waals surface area contributed by atoms with E-state index in [2.05, 4.69) is 10.3 Å². The predicted octanol–water partition coefficient (Wildman–Crippen LogP) is -0.185. The summed E-state index contributed by atoms with van der Waals surface area (Å²) in [6.07, 6.45) is -1.28. The summed E-state index contributed by atoms with van der Waals surface area (Å²) in [5.41, 5.74) is -0.142. The van der Waals surface area contributed by atoms with E-state index in [0.717, 1.165) is 5.17 Å². The smallest absolute Gasteiger partial charge is 0.159 e. The molecule has 0 radical (unpaired) electrons. The molecule has 2 fully saturated rings. The van der Waals surface area contributed by atoms with Crippen LogP contribution in [0.2, 0.25) is 0 Å². The number of aliphatic imine (C=N–C) groups is 1. The summed E-state index contributed by atoms with van der Waals surface area (Å²) in [7, 11) is 3.18. The van der Waals surface area contributed by atoms with Gasteiger partial charge in [-0.05, 0) is 6.92 Å². The third-order valence-electron chi connectivity index (χ3n) is 3.10. The van der Waals surface area contributed by atoms with Crippen molar-refractivity contribution in [3.8, 4) is 0 Å². The third-order valence-corrected chi connectivity index (χ3v) is 4.20. The third kappa shape index (κ3) is 2.65. The molecule has 0 bridgehead atoms. The fraction of sp³-hybridized carbons (Fsp3) is 0.909. The van der Waals surface area contributed by atoms with E-state index in [1.54, 1.807) is 14.2 Å². The van der Waals surface area contributed by atoms with Gasteiger partial charge in [-0.3, -0.25) is 4.99 Å². The Kier molecular flexibility index (Phi) is 4.85. The van der Waals surface area contributed by atoms with Crippen molar-refractivity contribution in [1.82, 2.24) is 5.32 Å². The molecule has 2 rings (SSSR count). The highest BCUT2D eigenvalue weighted by atomic mass is 32.2. The Morgan fingerprint density at radius 2 is 2.28 bits per heavy atom. The maximum absolute atomic E-state index is 10.3. The van der Waals surface area contributed by atoms with E-state index in [-0.39, 0.29) is 23.7 Å². The maximum atomic E-state index is 10.3. The van der Waals surface area contributed by atoms with Crippen LogP contribution in [0.3, 0.4) is 0 Å². The lowest BCUT2D eigenvalue weighted by Gasteiger charge is -2.40. The summed E-state index contributed by atoms with van der Waals surface area (Å²) in [5.74, 6) is 0. The summed E-state index contributed by atoms with van der Waals surface area (Å²) >= 11 is 1.51. The number of nitrogens with one attached hydrogen (secondary N) is 1. The van der Waals surface area contributed by atoms with Gasteiger partial charge < -0.3 is 24.6 Å². The molecule has 0 aromatic carbocycles. The molecule has 2 N–H and O–H groups in total. The average molecular weight is 276 g/mol. The zero-order chi connectivity index (χ0) is 13.1. The van der Waals surface area contributed by atoms with E-state index in [1.165, 1.54) is 11.8 Å². The van der Waals surface area contributed by atoms with E-state index in [9.17, 15) is 5.11 Å². The van der Waals surface area contributed by atoms with E-state index in [4.69, 9.17) is 14.2 Å². The second kappa shape index (κ2) is 6.21. The van der Waals surface area contributed by atoms with Crippen molar-refractivity contribution < 1.29 is 19.3 Å². The number of aliphatic hydroxyl groups excluding tert-OH is 1. The van der Waals surface area contributed by atoms with Gasteiger partial charge in [-0.15, -0.1) is 0 Å². The van der Waals surface area contributed by atoms with Crippen molar-refractivity contribution in [2.75, 3.05) is 27.4 Å². The van der Waals surface area contributed by atoms with Crippen molar-refractivity contribution in [2.45, 2.75) is 36.7 Å². The van der Waals surface area contributed by atoms with Crippen LogP contribution in [0, 0.1) is 0 Å². The Morgan fingerprint density at radius 1 is 1.50 bits per heavy atom. The summed E-state index contributed by atoms with van der Waals surface area (Å²) in [4.78, 5) is 4.31. The molecule has 0 aromatic rings. The van der Waals surface area contributed by atoms with Crippen LogP contribution >= 0.6 is 11.8 Å². The first-order chi connectivity index (χ1) is 8.71. The van der Waals surface area contributed by atoms with Crippen LogP contribution in [0.25, 0.3) is 0 Å². The molecule has 2 aliphatic heterocycles. The second-order valence-corrected chi connectivity index (χ2v) is 5.34. The van der Waals surface area contributed by atoms with Crippen LogP contribution in [0.15, 0.2) is 4.99 Å². The molecule has 2 heterocycles. The molecule has 0 spiro atoms. The van der Waals surface area contributed by atoms with Crippen molar-refractivity contribution in [3.05, 3.63) is 0 Å². The minimum Gasteiger partial charge on any atom is -0.388 e. The van der Waals surface area contributed by atoms with E-state index in [0.29, 0.717) is 13.2 Å². The number of rotatable bonds is 4. The Hall–Kier alpha value is -0.340. The van der Waals surface area contributed by atoms with E-state index >= 15 is 0 Å². The molecule has 5 atom stereocenters. The lowest BCUT2D eigenvalue weighted by atomic mass is 9.98. The lowest BCUT2D eigenvalue weighted by Crippen LogP contribution is -2.60. The standard InChI is InChI=1S/C11H20N2O4S/c1-4-12-11-13-7-8(14)9(16-3)6(5-15-2)17-10(7)18-11/h6-10,14H,4-5H2,1-3H3,(H,12,13)/t6-,7-,8-,9-,10-/m1/s1. The zero-order valence-electron chi connectivity index (χ0n) is 10.8. The van der Waals surface area contributed by atoms with Gasteiger partial charge in [-0.25, -0.2) is 0 Å². The number of aliphatic hydroxyl groups is 1. The number of amidine groups is 1. The molecule has 0 saturated carbocycles. The first kappa shape index (κ1) is 14.1. The zero-order valence-corrected chi connectivity index (χ0v) is 11.6. The Morgan fingerprint density at radius 3 is 2.89 bits per heavy atom. The number of fused-ring (bicyclic) bond motifs is 1. The molecule has 0 aliphatic carbocycles. The number of methoxy groups -OCH3 is 2. The summed E-state index contributed by atoms with van der Waals surface area (Å²) in [6, 6.07) is -0.182. The molecule has 0 amide bonds. The maximum Gasteiger partial charge on any atom is 0.159 e. The van der Waals surface area contributed by atoms with Crippen molar-refractivity contribution in [1.29, 1.82) is 0 Å². The molecule has 2 saturated heterocycles. The minimum atomic E-state index is -0.633. The van der Waals surface area contributed by atoms with Gasteiger partial charge in [-0.2, -0.15) is 0 Å². The van der Waals surface area contributed by atoms with E-state index < -0.39 is 6.10 Å². The Balaban J connectivity index is 2.10. The summed E-state index contributed by atoms with van der Waals surface area (Å²) in [6.45, 7) is 3.08. The molecule has 0 unspecified atom stereocenters. The fourth-order valence-electron chi connectivity index (χ4n) is 2.28. The van der Waals surface area contributed by atoms with Gasteiger partial charge >= 0.3 is 0 Å². The van der Waals surface area contributed by atoms with Crippen molar-refractivity contribution >= 4 is 16.9 Å². The predicted molar refractivity (Wildman–Crippen MR) is 69.8 cm³/mol. The highest BCUT2D eigenvalue weighted by molar-refractivity contribution is 8.14. The number of thioether (sulfide) groups is 1. The van der Waals surface area contributed by atoms with Gasteiger partial charge in [0, 0.05) is 20.8 Å². The normalized spacial score (nSPS) is 41.8. The quantitative estimate of drug-likeness (QED) is 0.742. The SMILES string of the molecule is CCN=C1N[C@@H]2[C@@H](O)[C@H](OC)[C@@H](COC)O[C@@H]2S1. The first-order valence-electron chi connectivity index (χ1n) is 6.04. The van der Waals surface area contributed by atoms with Gasteiger partial charge in [0.05, 0.1) is 12.6 Å². The van der Waals surface area contributed by atoms with Gasteiger partial charge in [0.25, 0.3) is 0 Å². The molecule has 2 aliphatic rings. The summed E-state index contributed by atoms with van der Waals surface area (Å²) < 4.78 is 16.3. The molecule has 6 nitrogen and oxygen atoms in total. The highest BCUT2D eigenvalue weighted by Gasteiger charge is 2.49. The Labute approximate surface area is 111 Å². The highest BCUT2D eigenvalue weighted by Crippen LogP contribution is 2.34. The molecule has 18 heavy (non-hydrogen) atoms. The second-order valence-electron chi connectivity index (χ2n) is 4.26. The molecular weight excluding hydrogens is 256 g/mol. The first-order valence-corrected chi connectivity index (χ1v) is 6.92. The summed E-state index contributed by atoms with van der Waals surface area (Å²) in [5, 5.41) is 14.3. The van der Waals surface area contributed by atoms with Crippen LogP contribution in [0.1, 0.15) is 6.92 Å². The number of ether oxygens (including phenoxy) is 3. The van der Waals surface area contributed by atoms with Gasteiger partial charge in [0.1, 0.15) is 23.7 Å². The molecule has 104 valence electrons. The van der Waals surface area contributed by atoms with Crippen LogP contribution in [0.4, 0.5) is 0 Å². The fourth-order valence-corrected chi connectivity index (χ4v) is 3.48. The average Bonchev–Trinajstić information content (AvgIpc) is 2.73. The minimum absolute atomic E-state index is 0.142. The van der Waals surface area contributed by atoms with Crippen LogP contribution in [0.5, 0.6) is 0 Å². The van der Waals surface area contributed by atoms with Crippen LogP contribution in [-0.4, -0.2) is 67.4 Å². The van der Waals surface area contributed by atoms with Crippen LogP contribution < -0.4 is 5.32 Å². The van der Waals surface area contributed by atoms with E-state index in [1.807, 2.05) is 6.92 Å². The monoisotopic (exact) mass is 276 g/mol.